The van der Waals surface area contributed by atoms with Gasteiger partial charge in [0, 0.05) is 49.9 Å². The molecule has 0 bridgehead atoms. The van der Waals surface area contributed by atoms with E-state index >= 15 is 0 Å². The third-order valence-electron chi connectivity index (χ3n) is 6.08. The van der Waals surface area contributed by atoms with Gasteiger partial charge in [0.15, 0.2) is 0 Å². The van der Waals surface area contributed by atoms with Crippen LogP contribution >= 0.6 is 0 Å². The van der Waals surface area contributed by atoms with Crippen molar-refractivity contribution in [1.29, 1.82) is 0 Å². The third-order valence-corrected chi connectivity index (χ3v) is 6.08. The maximum absolute atomic E-state index is 13.2. The van der Waals surface area contributed by atoms with Crippen LogP contribution < -0.4 is 0 Å². The van der Waals surface area contributed by atoms with E-state index in [1.807, 2.05) is 17.0 Å². The molecule has 2 fully saturated rings. The fourth-order valence-corrected chi connectivity index (χ4v) is 4.39. The van der Waals surface area contributed by atoms with Crippen molar-refractivity contribution in [2.24, 2.45) is 0 Å². The van der Waals surface area contributed by atoms with Gasteiger partial charge in [-0.2, -0.15) is 0 Å². The average Bonchev–Trinajstić information content (AvgIpc) is 3.45. The summed E-state index contributed by atoms with van der Waals surface area (Å²) in [4.78, 5) is 42.6. The lowest BCUT2D eigenvalue weighted by molar-refractivity contribution is -0.385. The summed E-state index contributed by atoms with van der Waals surface area (Å²) in [7, 11) is 0. The molecule has 2 amide bonds. The Labute approximate surface area is 180 Å². The Morgan fingerprint density at radius 1 is 1.16 bits per heavy atom. The zero-order chi connectivity index (χ0) is 22.0. The summed E-state index contributed by atoms with van der Waals surface area (Å²) in [6.07, 6.45) is 3.07. The topological polar surface area (TPSA) is 100 Å². The van der Waals surface area contributed by atoms with Crippen molar-refractivity contribution < 1.29 is 18.9 Å². The highest BCUT2D eigenvalue weighted by molar-refractivity contribution is 5.98. The fraction of sp³-hybridized carbons (Fsp3) is 0.455. The molecule has 9 heteroatoms. The SMILES string of the molecule is Cc1cc(C(=O)N2CCCC2C(=O)N2CCN(Cc3ccco3)CC2)ccc1[N+](=O)[O-]. The van der Waals surface area contributed by atoms with E-state index in [0.29, 0.717) is 37.2 Å². The summed E-state index contributed by atoms with van der Waals surface area (Å²) in [6.45, 7) is 5.61. The molecule has 1 aromatic heterocycles. The Balaban J connectivity index is 1.39. The molecule has 2 aliphatic rings. The standard InChI is InChI=1S/C22H26N4O5/c1-16-14-17(6-7-19(16)26(29)30)21(27)25-8-2-5-20(25)22(28)24-11-9-23(10-12-24)15-18-4-3-13-31-18/h3-4,6-7,13-14,20H,2,5,8-12,15H2,1H3. The van der Waals surface area contributed by atoms with Crippen LogP contribution in [0.1, 0.15) is 34.5 Å². The molecule has 2 saturated heterocycles. The van der Waals surface area contributed by atoms with Crippen LogP contribution in [0.4, 0.5) is 5.69 Å². The van der Waals surface area contributed by atoms with Gasteiger partial charge in [-0.25, -0.2) is 0 Å². The number of rotatable bonds is 5. The first kappa shape index (κ1) is 21.0. The monoisotopic (exact) mass is 426 g/mol. The van der Waals surface area contributed by atoms with E-state index in [0.717, 1.165) is 31.8 Å². The lowest BCUT2D eigenvalue weighted by Gasteiger charge is -2.37. The van der Waals surface area contributed by atoms with E-state index in [1.165, 1.54) is 18.2 Å². The summed E-state index contributed by atoms with van der Waals surface area (Å²) in [5, 5.41) is 11.0. The van der Waals surface area contributed by atoms with Gasteiger partial charge in [0.25, 0.3) is 11.6 Å². The number of nitrogens with zero attached hydrogens (tertiary/aromatic N) is 4. The second-order valence-electron chi connectivity index (χ2n) is 8.10. The van der Waals surface area contributed by atoms with Crippen LogP contribution in [0.5, 0.6) is 0 Å². The van der Waals surface area contributed by atoms with Crippen molar-refractivity contribution in [2.75, 3.05) is 32.7 Å². The van der Waals surface area contributed by atoms with Crippen LogP contribution in [0.2, 0.25) is 0 Å². The summed E-state index contributed by atoms with van der Waals surface area (Å²) in [6, 6.07) is 7.70. The number of benzene rings is 1. The molecule has 1 unspecified atom stereocenters. The predicted octanol–water partition coefficient (Wildman–Crippen LogP) is 2.45. The van der Waals surface area contributed by atoms with Crippen LogP contribution in [-0.2, 0) is 11.3 Å². The van der Waals surface area contributed by atoms with Gasteiger partial charge >= 0.3 is 0 Å². The number of hydrogen-bond donors (Lipinski definition) is 0. The smallest absolute Gasteiger partial charge is 0.272 e. The second kappa shape index (κ2) is 8.89. The van der Waals surface area contributed by atoms with Crippen LogP contribution in [0, 0.1) is 17.0 Å². The van der Waals surface area contributed by atoms with Gasteiger partial charge in [0.1, 0.15) is 11.8 Å². The number of furan rings is 1. The number of carbonyl (C=O) groups excluding carboxylic acids is 2. The molecule has 9 nitrogen and oxygen atoms in total. The highest BCUT2D eigenvalue weighted by Gasteiger charge is 2.38. The molecular weight excluding hydrogens is 400 g/mol. The summed E-state index contributed by atoms with van der Waals surface area (Å²) < 4.78 is 5.40. The van der Waals surface area contributed by atoms with Gasteiger partial charge in [-0.15, -0.1) is 0 Å². The van der Waals surface area contributed by atoms with Gasteiger partial charge in [0.2, 0.25) is 5.91 Å². The summed E-state index contributed by atoms with van der Waals surface area (Å²) in [5.41, 5.74) is 0.801. The average molecular weight is 426 g/mol. The van der Waals surface area contributed by atoms with Gasteiger partial charge in [-0.05, 0) is 44.0 Å². The molecule has 0 N–H and O–H groups in total. The molecule has 1 aromatic carbocycles. The normalized spacial score (nSPS) is 19.6. The Kier molecular flexibility index (Phi) is 6.03. The Bertz CT molecular complexity index is 966. The van der Waals surface area contributed by atoms with Crippen LogP contribution in [-0.4, -0.2) is 70.2 Å². The first-order valence-corrected chi connectivity index (χ1v) is 10.5. The molecule has 0 spiro atoms. The first-order chi connectivity index (χ1) is 14.9. The van der Waals surface area contributed by atoms with Crippen LogP contribution in [0.3, 0.4) is 0 Å². The summed E-state index contributed by atoms with van der Waals surface area (Å²) >= 11 is 0. The minimum Gasteiger partial charge on any atom is -0.468 e. The Morgan fingerprint density at radius 2 is 1.94 bits per heavy atom. The molecule has 0 saturated carbocycles. The van der Waals surface area contributed by atoms with E-state index in [9.17, 15) is 19.7 Å². The van der Waals surface area contributed by atoms with E-state index in [-0.39, 0.29) is 17.5 Å². The van der Waals surface area contributed by atoms with Crippen molar-refractivity contribution >= 4 is 17.5 Å². The van der Waals surface area contributed by atoms with E-state index in [4.69, 9.17) is 4.42 Å². The highest BCUT2D eigenvalue weighted by Crippen LogP contribution is 2.25. The largest absolute Gasteiger partial charge is 0.468 e. The lowest BCUT2D eigenvalue weighted by atomic mass is 10.1. The minimum atomic E-state index is -0.473. The zero-order valence-corrected chi connectivity index (χ0v) is 17.5. The highest BCUT2D eigenvalue weighted by atomic mass is 16.6. The molecule has 0 radical (unpaired) electrons. The first-order valence-electron chi connectivity index (χ1n) is 10.5. The summed E-state index contributed by atoms with van der Waals surface area (Å²) in [5.74, 6) is 0.651. The molecule has 4 rings (SSSR count). The molecule has 0 aliphatic carbocycles. The molecule has 3 heterocycles. The van der Waals surface area contributed by atoms with Crippen LogP contribution in [0.25, 0.3) is 0 Å². The maximum atomic E-state index is 13.2. The number of piperazine rings is 1. The van der Waals surface area contributed by atoms with Crippen molar-refractivity contribution in [3.05, 3.63) is 63.6 Å². The molecule has 31 heavy (non-hydrogen) atoms. The molecule has 1 atom stereocenters. The van der Waals surface area contributed by atoms with Gasteiger partial charge in [0.05, 0.1) is 17.7 Å². The van der Waals surface area contributed by atoms with E-state index in [2.05, 4.69) is 4.90 Å². The van der Waals surface area contributed by atoms with Crippen molar-refractivity contribution in [2.45, 2.75) is 32.4 Å². The molecule has 164 valence electrons. The number of hydrogen-bond acceptors (Lipinski definition) is 6. The lowest BCUT2D eigenvalue weighted by Crippen LogP contribution is -2.54. The molecular formula is C22H26N4O5. The van der Waals surface area contributed by atoms with Gasteiger partial charge in [-0.3, -0.25) is 24.6 Å². The molecule has 2 aliphatic heterocycles. The maximum Gasteiger partial charge on any atom is 0.272 e. The Hall–Kier alpha value is -3.20. The number of aryl methyl sites for hydroxylation is 1. The van der Waals surface area contributed by atoms with E-state index in [1.54, 1.807) is 18.1 Å². The van der Waals surface area contributed by atoms with Crippen molar-refractivity contribution in [3.8, 4) is 0 Å². The third kappa shape index (κ3) is 4.46. The predicted molar refractivity (Wildman–Crippen MR) is 112 cm³/mol. The van der Waals surface area contributed by atoms with Gasteiger partial charge < -0.3 is 14.2 Å². The van der Waals surface area contributed by atoms with Crippen molar-refractivity contribution in [3.63, 3.8) is 0 Å². The zero-order valence-electron chi connectivity index (χ0n) is 17.5. The number of carbonyl (C=O) groups is 2. The fourth-order valence-electron chi connectivity index (χ4n) is 4.39. The second-order valence-corrected chi connectivity index (χ2v) is 8.10. The van der Waals surface area contributed by atoms with Crippen molar-refractivity contribution in [1.82, 2.24) is 14.7 Å². The van der Waals surface area contributed by atoms with Crippen LogP contribution in [0.15, 0.2) is 41.0 Å². The molecule has 2 aromatic rings. The van der Waals surface area contributed by atoms with E-state index < -0.39 is 11.0 Å². The van der Waals surface area contributed by atoms with Gasteiger partial charge in [-0.1, -0.05) is 0 Å². The number of amides is 2. The number of likely N-dealkylation sites (tertiary alicyclic amines) is 1. The quantitative estimate of drug-likeness (QED) is 0.538. The number of nitro groups is 1. The Morgan fingerprint density at radius 3 is 2.58 bits per heavy atom. The minimum absolute atomic E-state index is 0.0119. The number of nitro benzene ring substituents is 1.